The van der Waals surface area contributed by atoms with Crippen molar-refractivity contribution >= 4 is 26.1 Å². The molecule has 3 rings (SSSR count). The second kappa shape index (κ2) is 9.09. The van der Waals surface area contributed by atoms with Crippen molar-refractivity contribution in [1.29, 1.82) is 0 Å². The number of sulfonamides is 1. The van der Waals surface area contributed by atoms with Crippen LogP contribution >= 0.6 is 0 Å². The summed E-state index contributed by atoms with van der Waals surface area (Å²) in [5.41, 5.74) is 1.47. The molecular formula is C18H28N4O5S2. The van der Waals surface area contributed by atoms with Crippen LogP contribution in [0.1, 0.15) is 28.8 Å². The lowest BCUT2D eigenvalue weighted by atomic mass is 10.1. The Kier molecular flexibility index (Phi) is 6.94. The van der Waals surface area contributed by atoms with Crippen LogP contribution in [0.5, 0.6) is 0 Å². The first-order valence-electron chi connectivity index (χ1n) is 9.75. The van der Waals surface area contributed by atoms with Gasteiger partial charge in [0.25, 0.3) is 16.1 Å². The van der Waals surface area contributed by atoms with Crippen molar-refractivity contribution in [1.82, 2.24) is 18.2 Å². The van der Waals surface area contributed by atoms with Crippen LogP contribution in [0.2, 0.25) is 0 Å². The molecule has 0 radical (unpaired) electrons. The molecule has 1 aromatic carbocycles. The number of nitrogens with zero attached hydrogens (tertiary/aromatic N) is 3. The van der Waals surface area contributed by atoms with Gasteiger partial charge in [-0.1, -0.05) is 12.1 Å². The first-order chi connectivity index (χ1) is 13.7. The molecular weight excluding hydrogens is 416 g/mol. The third kappa shape index (κ3) is 5.76. The third-order valence-corrected chi connectivity index (χ3v) is 7.99. The van der Waals surface area contributed by atoms with Crippen molar-refractivity contribution in [3.05, 3.63) is 35.4 Å². The highest BCUT2D eigenvalue weighted by molar-refractivity contribution is 7.88. The van der Waals surface area contributed by atoms with E-state index in [-0.39, 0.29) is 5.91 Å². The number of carbonyl (C=O) groups excluding carboxylic acids is 1. The maximum atomic E-state index is 12.7. The van der Waals surface area contributed by atoms with Crippen molar-refractivity contribution in [2.75, 3.05) is 52.1 Å². The van der Waals surface area contributed by atoms with Crippen molar-refractivity contribution in [2.45, 2.75) is 19.3 Å². The van der Waals surface area contributed by atoms with Gasteiger partial charge in [0.05, 0.1) is 6.26 Å². The molecule has 29 heavy (non-hydrogen) atoms. The minimum Gasteiger partial charge on any atom is -0.336 e. The average molecular weight is 445 g/mol. The van der Waals surface area contributed by atoms with Gasteiger partial charge < -0.3 is 4.90 Å². The Morgan fingerprint density at radius 3 is 2.00 bits per heavy atom. The van der Waals surface area contributed by atoms with E-state index in [1.165, 1.54) is 8.61 Å². The molecule has 1 amide bonds. The molecule has 0 saturated carbocycles. The van der Waals surface area contributed by atoms with Crippen LogP contribution in [0.25, 0.3) is 0 Å². The molecule has 1 aromatic rings. The molecule has 0 bridgehead atoms. The third-order valence-electron chi connectivity index (χ3n) is 5.22. The number of amides is 1. The van der Waals surface area contributed by atoms with E-state index >= 15 is 0 Å². The molecule has 2 fully saturated rings. The number of benzene rings is 1. The Bertz CT molecular complexity index is 918. The predicted molar refractivity (Wildman–Crippen MR) is 110 cm³/mol. The normalized spacial score (nSPS) is 19.6. The Hall–Kier alpha value is -1.53. The molecule has 0 aromatic heterocycles. The lowest BCUT2D eigenvalue weighted by Gasteiger charge is -2.35. The molecule has 162 valence electrons. The lowest BCUT2D eigenvalue weighted by molar-refractivity contribution is 0.0694. The molecule has 2 aliphatic rings. The van der Waals surface area contributed by atoms with Crippen LogP contribution in [0, 0.1) is 0 Å². The molecule has 2 aliphatic heterocycles. The maximum Gasteiger partial charge on any atom is 0.282 e. The van der Waals surface area contributed by atoms with Gasteiger partial charge in [-0.25, -0.2) is 13.1 Å². The standard InChI is InChI=1S/C18H28N4O5S2/c1-28(24,25)19-9-8-16-4-6-17(7-5-16)18(23)20-12-14-22(15-13-20)29(26,27)21-10-2-3-11-21/h4-7,19H,2-3,8-15H2,1H3. The molecule has 1 N–H and O–H groups in total. The fraction of sp³-hybridized carbons (Fsp3) is 0.611. The van der Waals surface area contributed by atoms with Crippen LogP contribution in [-0.4, -0.2) is 88.3 Å². The Labute approximate surface area is 172 Å². The van der Waals surface area contributed by atoms with E-state index < -0.39 is 20.2 Å². The number of piperazine rings is 1. The van der Waals surface area contributed by atoms with Gasteiger partial charge in [-0.2, -0.15) is 17.0 Å². The van der Waals surface area contributed by atoms with Crippen LogP contribution < -0.4 is 4.72 Å². The Morgan fingerprint density at radius 2 is 1.45 bits per heavy atom. The van der Waals surface area contributed by atoms with E-state index in [0.717, 1.165) is 24.7 Å². The van der Waals surface area contributed by atoms with E-state index in [1.807, 2.05) is 12.1 Å². The van der Waals surface area contributed by atoms with Gasteiger partial charge >= 0.3 is 0 Å². The van der Waals surface area contributed by atoms with Crippen molar-refractivity contribution in [3.8, 4) is 0 Å². The van der Waals surface area contributed by atoms with Gasteiger partial charge in [0, 0.05) is 51.4 Å². The number of carbonyl (C=O) groups is 1. The van der Waals surface area contributed by atoms with Gasteiger partial charge in [0.1, 0.15) is 0 Å². The summed E-state index contributed by atoms with van der Waals surface area (Å²) in [6.07, 6.45) is 3.45. The minimum atomic E-state index is -3.42. The zero-order valence-electron chi connectivity index (χ0n) is 16.6. The lowest BCUT2D eigenvalue weighted by Crippen LogP contribution is -2.53. The fourth-order valence-electron chi connectivity index (χ4n) is 3.58. The van der Waals surface area contributed by atoms with Gasteiger partial charge in [0.2, 0.25) is 10.0 Å². The number of rotatable bonds is 7. The van der Waals surface area contributed by atoms with Crippen LogP contribution in [-0.2, 0) is 26.7 Å². The molecule has 0 atom stereocenters. The average Bonchev–Trinajstić information content (AvgIpc) is 3.23. The fourth-order valence-corrected chi connectivity index (χ4v) is 5.73. The molecule has 2 saturated heterocycles. The topological polar surface area (TPSA) is 107 Å². The molecule has 11 heteroatoms. The SMILES string of the molecule is CS(=O)(=O)NCCc1ccc(C(=O)N2CCN(S(=O)(=O)N3CCCC3)CC2)cc1. The van der Waals surface area contributed by atoms with E-state index in [9.17, 15) is 21.6 Å². The first kappa shape index (κ1) is 22.2. The number of nitrogens with one attached hydrogen (secondary N) is 1. The Balaban J connectivity index is 1.52. The van der Waals surface area contributed by atoms with Gasteiger partial charge in [-0.15, -0.1) is 0 Å². The predicted octanol–water partition coefficient (Wildman–Crippen LogP) is -0.123. The van der Waals surface area contributed by atoms with Crippen molar-refractivity contribution in [2.24, 2.45) is 0 Å². The zero-order chi connectivity index (χ0) is 21.1. The quantitative estimate of drug-likeness (QED) is 0.631. The van der Waals surface area contributed by atoms with Crippen LogP contribution in [0.4, 0.5) is 0 Å². The van der Waals surface area contributed by atoms with E-state index in [2.05, 4.69) is 4.72 Å². The number of hydrogen-bond acceptors (Lipinski definition) is 5. The highest BCUT2D eigenvalue weighted by Gasteiger charge is 2.34. The summed E-state index contributed by atoms with van der Waals surface area (Å²) >= 11 is 0. The smallest absolute Gasteiger partial charge is 0.282 e. The second-order valence-corrected chi connectivity index (χ2v) is 11.2. The summed E-state index contributed by atoms with van der Waals surface area (Å²) in [6, 6.07) is 7.08. The summed E-state index contributed by atoms with van der Waals surface area (Å²) < 4.78 is 52.9. The van der Waals surface area contributed by atoms with Crippen molar-refractivity contribution < 1.29 is 21.6 Å². The summed E-state index contributed by atoms with van der Waals surface area (Å²) in [5.74, 6) is -0.121. The summed E-state index contributed by atoms with van der Waals surface area (Å²) in [6.45, 7) is 2.80. The van der Waals surface area contributed by atoms with Crippen LogP contribution in [0.15, 0.2) is 24.3 Å². The second-order valence-electron chi connectivity index (χ2n) is 7.42. The maximum absolute atomic E-state index is 12.7. The molecule has 9 nitrogen and oxygen atoms in total. The highest BCUT2D eigenvalue weighted by atomic mass is 32.2. The van der Waals surface area contributed by atoms with Gasteiger partial charge in [0.15, 0.2) is 0 Å². The summed E-state index contributed by atoms with van der Waals surface area (Å²) in [5, 5.41) is 0. The summed E-state index contributed by atoms with van der Waals surface area (Å²) in [4.78, 5) is 14.4. The van der Waals surface area contributed by atoms with E-state index in [4.69, 9.17) is 0 Å². The molecule has 0 unspecified atom stereocenters. The largest absolute Gasteiger partial charge is 0.336 e. The molecule has 0 spiro atoms. The number of hydrogen-bond donors (Lipinski definition) is 1. The highest BCUT2D eigenvalue weighted by Crippen LogP contribution is 2.19. The minimum absolute atomic E-state index is 0.121. The monoisotopic (exact) mass is 444 g/mol. The van der Waals surface area contributed by atoms with Gasteiger partial charge in [-0.3, -0.25) is 4.79 Å². The molecule has 0 aliphatic carbocycles. The van der Waals surface area contributed by atoms with Crippen LogP contribution in [0.3, 0.4) is 0 Å². The summed E-state index contributed by atoms with van der Waals surface area (Å²) in [7, 11) is -6.63. The van der Waals surface area contributed by atoms with E-state index in [0.29, 0.717) is 57.8 Å². The molecule has 2 heterocycles. The van der Waals surface area contributed by atoms with Crippen molar-refractivity contribution in [3.63, 3.8) is 0 Å². The first-order valence-corrected chi connectivity index (χ1v) is 13.0. The van der Waals surface area contributed by atoms with Gasteiger partial charge in [-0.05, 0) is 37.0 Å². The zero-order valence-corrected chi connectivity index (χ0v) is 18.2. The Morgan fingerprint density at radius 1 is 0.897 bits per heavy atom. The van der Waals surface area contributed by atoms with E-state index in [1.54, 1.807) is 17.0 Å².